The standard InChI is InChI=1S/C11H22N2O4/c1-4-7-13(8-11(2,3)17)10(16)12-6-5-9(14)15/h17H,4-8H2,1-3H3,(H,12,16)(H,14,15). The van der Waals surface area contributed by atoms with Gasteiger partial charge in [0, 0.05) is 13.1 Å². The molecule has 0 bridgehead atoms. The molecule has 0 heterocycles. The third-order valence-corrected chi connectivity index (χ3v) is 1.97. The second-order valence-corrected chi connectivity index (χ2v) is 4.61. The number of amides is 2. The Morgan fingerprint density at radius 3 is 2.35 bits per heavy atom. The highest BCUT2D eigenvalue weighted by atomic mass is 16.4. The van der Waals surface area contributed by atoms with Crippen LogP contribution in [-0.4, -0.2) is 52.3 Å². The molecule has 6 nitrogen and oxygen atoms in total. The molecule has 17 heavy (non-hydrogen) atoms. The summed E-state index contributed by atoms with van der Waals surface area (Å²) < 4.78 is 0. The molecule has 0 unspecified atom stereocenters. The van der Waals surface area contributed by atoms with Crippen LogP contribution in [0.4, 0.5) is 4.79 Å². The summed E-state index contributed by atoms with van der Waals surface area (Å²) in [7, 11) is 0. The summed E-state index contributed by atoms with van der Waals surface area (Å²) in [6.07, 6.45) is 0.677. The van der Waals surface area contributed by atoms with Crippen molar-refractivity contribution in [1.29, 1.82) is 0 Å². The zero-order valence-electron chi connectivity index (χ0n) is 10.7. The molecule has 0 saturated carbocycles. The second-order valence-electron chi connectivity index (χ2n) is 4.61. The van der Waals surface area contributed by atoms with E-state index in [0.717, 1.165) is 6.42 Å². The molecule has 2 amide bonds. The zero-order valence-corrected chi connectivity index (χ0v) is 10.7. The van der Waals surface area contributed by atoms with E-state index in [4.69, 9.17) is 5.11 Å². The van der Waals surface area contributed by atoms with E-state index < -0.39 is 11.6 Å². The topological polar surface area (TPSA) is 89.9 Å². The Balaban J connectivity index is 4.19. The third kappa shape index (κ3) is 8.50. The molecule has 0 rings (SSSR count). The molecule has 0 radical (unpaired) electrons. The molecule has 0 saturated heterocycles. The Kier molecular flexibility index (Phi) is 6.57. The van der Waals surface area contributed by atoms with Gasteiger partial charge in [0.25, 0.3) is 0 Å². The summed E-state index contributed by atoms with van der Waals surface area (Å²) >= 11 is 0. The number of aliphatic carboxylic acids is 1. The van der Waals surface area contributed by atoms with Gasteiger partial charge in [0.15, 0.2) is 0 Å². The highest BCUT2D eigenvalue weighted by Crippen LogP contribution is 2.05. The number of nitrogens with one attached hydrogen (secondary N) is 1. The van der Waals surface area contributed by atoms with E-state index in [0.29, 0.717) is 6.54 Å². The summed E-state index contributed by atoms with van der Waals surface area (Å²) in [4.78, 5) is 23.5. The van der Waals surface area contributed by atoms with Gasteiger partial charge in [-0.3, -0.25) is 4.79 Å². The van der Waals surface area contributed by atoms with Crippen LogP contribution in [0.15, 0.2) is 0 Å². The van der Waals surface area contributed by atoms with E-state index >= 15 is 0 Å². The molecule has 0 aliphatic rings. The highest BCUT2D eigenvalue weighted by Gasteiger charge is 2.21. The second kappa shape index (κ2) is 7.11. The molecule has 0 spiro atoms. The van der Waals surface area contributed by atoms with Crippen LogP contribution >= 0.6 is 0 Å². The Labute approximate surface area is 102 Å². The van der Waals surface area contributed by atoms with Gasteiger partial charge in [-0.25, -0.2) is 4.79 Å². The molecule has 3 N–H and O–H groups in total. The van der Waals surface area contributed by atoms with Crippen LogP contribution in [0.25, 0.3) is 0 Å². The van der Waals surface area contributed by atoms with E-state index in [-0.39, 0.29) is 25.5 Å². The first-order chi connectivity index (χ1) is 7.76. The Hall–Kier alpha value is -1.30. The Morgan fingerprint density at radius 2 is 1.94 bits per heavy atom. The van der Waals surface area contributed by atoms with Gasteiger partial charge in [-0.05, 0) is 20.3 Å². The van der Waals surface area contributed by atoms with Gasteiger partial charge in [0.2, 0.25) is 0 Å². The number of carbonyl (C=O) groups excluding carboxylic acids is 1. The van der Waals surface area contributed by atoms with Crippen molar-refractivity contribution in [2.45, 2.75) is 39.2 Å². The van der Waals surface area contributed by atoms with Crippen molar-refractivity contribution in [2.24, 2.45) is 0 Å². The Bertz CT molecular complexity index is 261. The number of nitrogens with zero attached hydrogens (tertiary/aromatic N) is 1. The molecule has 0 atom stereocenters. The van der Waals surface area contributed by atoms with Gasteiger partial charge in [-0.15, -0.1) is 0 Å². The third-order valence-electron chi connectivity index (χ3n) is 1.97. The molecule has 0 fully saturated rings. The number of carboxylic acids is 1. The van der Waals surface area contributed by atoms with Crippen LogP contribution in [0.1, 0.15) is 33.6 Å². The fourth-order valence-corrected chi connectivity index (χ4v) is 1.38. The number of hydrogen-bond acceptors (Lipinski definition) is 3. The van der Waals surface area contributed by atoms with Gasteiger partial charge in [-0.2, -0.15) is 0 Å². The molecule has 0 aliphatic carbocycles. The van der Waals surface area contributed by atoms with Crippen molar-refractivity contribution in [3.8, 4) is 0 Å². The average Bonchev–Trinajstić information content (AvgIpc) is 2.14. The maximum atomic E-state index is 11.7. The number of carboxylic acid groups (broad SMARTS) is 1. The van der Waals surface area contributed by atoms with E-state index in [9.17, 15) is 14.7 Å². The van der Waals surface area contributed by atoms with Crippen LogP contribution in [-0.2, 0) is 4.79 Å². The lowest BCUT2D eigenvalue weighted by Gasteiger charge is -2.28. The molecular formula is C11H22N2O4. The fourth-order valence-electron chi connectivity index (χ4n) is 1.38. The summed E-state index contributed by atoms with van der Waals surface area (Å²) in [5, 5.41) is 20.6. The molecule has 6 heteroatoms. The van der Waals surface area contributed by atoms with Crippen molar-refractivity contribution in [3.63, 3.8) is 0 Å². The number of hydrogen-bond donors (Lipinski definition) is 3. The van der Waals surface area contributed by atoms with Crippen LogP contribution in [0, 0.1) is 0 Å². The lowest BCUT2D eigenvalue weighted by atomic mass is 10.1. The summed E-state index contributed by atoms with van der Waals surface area (Å²) in [5.74, 6) is -0.949. The molecule has 0 aromatic rings. The first-order valence-corrected chi connectivity index (χ1v) is 5.73. The lowest BCUT2D eigenvalue weighted by molar-refractivity contribution is -0.136. The molecular weight excluding hydrogens is 224 g/mol. The predicted molar refractivity (Wildman–Crippen MR) is 63.8 cm³/mol. The van der Waals surface area contributed by atoms with E-state index in [1.54, 1.807) is 13.8 Å². The number of rotatable bonds is 7. The molecule has 100 valence electrons. The molecule has 0 aliphatic heterocycles. The predicted octanol–water partition coefficient (Wildman–Crippen LogP) is 0.654. The monoisotopic (exact) mass is 246 g/mol. The minimum Gasteiger partial charge on any atom is -0.481 e. The van der Waals surface area contributed by atoms with Gasteiger partial charge < -0.3 is 20.4 Å². The minimum atomic E-state index is -0.959. The first kappa shape index (κ1) is 15.7. The van der Waals surface area contributed by atoms with Gasteiger partial charge in [-0.1, -0.05) is 6.92 Å². The van der Waals surface area contributed by atoms with Gasteiger partial charge >= 0.3 is 12.0 Å². The highest BCUT2D eigenvalue weighted by molar-refractivity contribution is 5.75. The maximum absolute atomic E-state index is 11.7. The van der Waals surface area contributed by atoms with Gasteiger partial charge in [0.1, 0.15) is 0 Å². The molecule has 0 aromatic heterocycles. The average molecular weight is 246 g/mol. The maximum Gasteiger partial charge on any atom is 0.317 e. The van der Waals surface area contributed by atoms with E-state index in [1.807, 2.05) is 6.92 Å². The fraction of sp³-hybridized carbons (Fsp3) is 0.818. The summed E-state index contributed by atoms with van der Waals surface area (Å²) in [6, 6.07) is -0.338. The zero-order chi connectivity index (χ0) is 13.5. The van der Waals surface area contributed by atoms with Crippen LogP contribution in [0.5, 0.6) is 0 Å². The van der Waals surface area contributed by atoms with Crippen LogP contribution < -0.4 is 5.32 Å². The smallest absolute Gasteiger partial charge is 0.317 e. The van der Waals surface area contributed by atoms with Crippen LogP contribution in [0.3, 0.4) is 0 Å². The van der Waals surface area contributed by atoms with E-state index in [1.165, 1.54) is 4.90 Å². The molecule has 0 aromatic carbocycles. The normalized spacial score (nSPS) is 11.1. The number of urea groups is 1. The lowest BCUT2D eigenvalue weighted by Crippen LogP contribution is -2.47. The largest absolute Gasteiger partial charge is 0.481 e. The quantitative estimate of drug-likeness (QED) is 0.615. The Morgan fingerprint density at radius 1 is 1.35 bits per heavy atom. The minimum absolute atomic E-state index is 0.0975. The van der Waals surface area contributed by atoms with Crippen molar-refractivity contribution < 1.29 is 19.8 Å². The number of aliphatic hydroxyl groups is 1. The summed E-state index contributed by atoms with van der Waals surface area (Å²) in [5.41, 5.74) is -0.959. The first-order valence-electron chi connectivity index (χ1n) is 5.73. The van der Waals surface area contributed by atoms with Crippen molar-refractivity contribution in [2.75, 3.05) is 19.6 Å². The van der Waals surface area contributed by atoms with E-state index in [2.05, 4.69) is 5.32 Å². The van der Waals surface area contributed by atoms with Crippen molar-refractivity contribution in [1.82, 2.24) is 10.2 Å². The van der Waals surface area contributed by atoms with Crippen LogP contribution in [0.2, 0.25) is 0 Å². The number of carbonyl (C=O) groups is 2. The van der Waals surface area contributed by atoms with Gasteiger partial charge in [0.05, 0.1) is 18.6 Å². The van der Waals surface area contributed by atoms with Crippen molar-refractivity contribution >= 4 is 12.0 Å². The summed E-state index contributed by atoms with van der Waals surface area (Å²) in [6.45, 7) is 6.03. The van der Waals surface area contributed by atoms with Crippen molar-refractivity contribution in [3.05, 3.63) is 0 Å². The SMILES string of the molecule is CCCN(CC(C)(C)O)C(=O)NCCC(=O)O.